The van der Waals surface area contributed by atoms with Crippen molar-refractivity contribution in [3.63, 3.8) is 0 Å². The second kappa shape index (κ2) is 6.12. The van der Waals surface area contributed by atoms with Crippen molar-refractivity contribution in [2.75, 3.05) is 13.1 Å². The van der Waals surface area contributed by atoms with Gasteiger partial charge < -0.3 is 16.2 Å². The first kappa shape index (κ1) is 10.4. The smallest absolute Gasteiger partial charge is 0.231 e. The third-order valence-electron chi connectivity index (χ3n) is 1.42. The average Bonchev–Trinajstić information content (AvgIpc) is 1.97. The molecule has 0 aromatic rings. The van der Waals surface area contributed by atoms with Crippen molar-refractivity contribution >= 4 is 5.91 Å². The molecule has 1 atom stereocenters. The Morgan fingerprint density at radius 3 is 2.82 bits per heavy atom. The van der Waals surface area contributed by atoms with Gasteiger partial charge in [-0.05, 0) is 19.4 Å². The van der Waals surface area contributed by atoms with Gasteiger partial charge in [0, 0.05) is 0 Å². The first-order chi connectivity index (χ1) is 5.16. The molecule has 11 heavy (non-hydrogen) atoms. The highest BCUT2D eigenvalue weighted by molar-refractivity contribution is 5.75. The van der Waals surface area contributed by atoms with Gasteiger partial charge in [-0.2, -0.15) is 0 Å². The largest absolute Gasteiger partial charge is 0.393 e. The predicted molar refractivity (Wildman–Crippen MR) is 43.0 cm³/mol. The number of nitrogens with two attached hydrogens (primary N) is 1. The molecule has 0 aromatic carbocycles. The zero-order valence-electron chi connectivity index (χ0n) is 6.84. The molecule has 0 radical (unpaired) electrons. The van der Waals surface area contributed by atoms with Gasteiger partial charge in [0.1, 0.15) is 0 Å². The molecule has 0 aliphatic carbocycles. The van der Waals surface area contributed by atoms with Gasteiger partial charge in [-0.25, -0.2) is 0 Å². The molecule has 0 saturated carbocycles. The zero-order valence-corrected chi connectivity index (χ0v) is 6.84. The van der Waals surface area contributed by atoms with E-state index in [0.717, 1.165) is 6.42 Å². The number of hydrogen-bond acceptors (Lipinski definition) is 3. The average molecular weight is 160 g/mol. The Morgan fingerprint density at radius 1 is 1.73 bits per heavy atom. The molecule has 4 N–H and O–H groups in total. The van der Waals surface area contributed by atoms with E-state index in [1.165, 1.54) is 0 Å². The first-order valence-electron chi connectivity index (χ1n) is 3.84. The quantitative estimate of drug-likeness (QED) is 0.446. The molecule has 0 bridgehead atoms. The molecule has 0 aliphatic heterocycles. The van der Waals surface area contributed by atoms with E-state index in [-0.39, 0.29) is 18.6 Å². The van der Waals surface area contributed by atoms with E-state index in [4.69, 9.17) is 10.8 Å². The number of nitrogens with one attached hydrogen (secondary N) is 1. The van der Waals surface area contributed by atoms with Crippen molar-refractivity contribution in [2.45, 2.75) is 25.9 Å². The van der Waals surface area contributed by atoms with E-state index >= 15 is 0 Å². The van der Waals surface area contributed by atoms with Crippen molar-refractivity contribution < 1.29 is 9.90 Å². The van der Waals surface area contributed by atoms with Gasteiger partial charge in [-0.15, -0.1) is 0 Å². The van der Waals surface area contributed by atoms with Gasteiger partial charge >= 0.3 is 0 Å². The van der Waals surface area contributed by atoms with Gasteiger partial charge in [-0.1, -0.05) is 6.92 Å². The Morgan fingerprint density at radius 2 is 2.36 bits per heavy atom. The maximum absolute atomic E-state index is 10.2. The number of primary amides is 1. The summed E-state index contributed by atoms with van der Waals surface area (Å²) in [5.41, 5.74) is 4.88. The second-order valence-electron chi connectivity index (χ2n) is 2.49. The molecule has 1 amide bonds. The molecule has 4 heteroatoms. The number of aliphatic hydroxyl groups excluding tert-OH is 1. The third-order valence-corrected chi connectivity index (χ3v) is 1.42. The normalized spacial score (nSPS) is 12.9. The summed E-state index contributed by atoms with van der Waals surface area (Å²) < 4.78 is 0. The van der Waals surface area contributed by atoms with Crippen LogP contribution in [-0.4, -0.2) is 30.2 Å². The van der Waals surface area contributed by atoms with Crippen LogP contribution in [0.5, 0.6) is 0 Å². The van der Waals surface area contributed by atoms with Crippen LogP contribution in [0.25, 0.3) is 0 Å². The van der Waals surface area contributed by atoms with E-state index in [1.807, 2.05) is 6.92 Å². The monoisotopic (exact) mass is 160 g/mol. The molecule has 0 aromatic heterocycles. The van der Waals surface area contributed by atoms with Gasteiger partial charge in [0.15, 0.2) is 0 Å². The Labute approximate surface area is 66.8 Å². The molecular weight excluding hydrogens is 144 g/mol. The number of hydrogen-bond donors (Lipinski definition) is 3. The standard InChI is InChI=1S/C7H16N2O2/c1-2-6(10)3-4-9-5-7(8)11/h6,9-10H,2-5H2,1H3,(H2,8,11). The summed E-state index contributed by atoms with van der Waals surface area (Å²) >= 11 is 0. The minimum absolute atomic E-state index is 0.191. The van der Waals surface area contributed by atoms with E-state index in [1.54, 1.807) is 0 Å². The Kier molecular flexibility index (Phi) is 5.78. The minimum Gasteiger partial charge on any atom is -0.393 e. The van der Waals surface area contributed by atoms with Crippen LogP contribution in [0, 0.1) is 0 Å². The fraction of sp³-hybridized carbons (Fsp3) is 0.857. The number of carbonyl (C=O) groups is 1. The minimum atomic E-state index is -0.365. The molecule has 0 saturated heterocycles. The molecule has 0 spiro atoms. The summed E-state index contributed by atoms with van der Waals surface area (Å²) in [6.07, 6.45) is 1.15. The van der Waals surface area contributed by atoms with Crippen molar-refractivity contribution in [1.29, 1.82) is 0 Å². The highest BCUT2D eigenvalue weighted by Gasteiger charge is 1.99. The molecule has 0 fully saturated rings. The molecule has 0 heterocycles. The molecule has 0 aliphatic rings. The van der Waals surface area contributed by atoms with Crippen molar-refractivity contribution in [2.24, 2.45) is 5.73 Å². The van der Waals surface area contributed by atoms with Crippen molar-refractivity contribution in [3.05, 3.63) is 0 Å². The maximum Gasteiger partial charge on any atom is 0.231 e. The van der Waals surface area contributed by atoms with Crippen molar-refractivity contribution in [3.8, 4) is 0 Å². The topological polar surface area (TPSA) is 75.3 Å². The Bertz CT molecular complexity index is 117. The van der Waals surface area contributed by atoms with Crippen LogP contribution in [0.4, 0.5) is 0 Å². The van der Waals surface area contributed by atoms with Crippen LogP contribution in [0.1, 0.15) is 19.8 Å². The van der Waals surface area contributed by atoms with Gasteiger partial charge in [0.25, 0.3) is 0 Å². The van der Waals surface area contributed by atoms with Crippen LogP contribution in [0.15, 0.2) is 0 Å². The summed E-state index contributed by atoms with van der Waals surface area (Å²) in [6.45, 7) is 2.74. The molecule has 0 rings (SSSR count). The molecule has 1 unspecified atom stereocenters. The van der Waals surface area contributed by atoms with Crippen LogP contribution in [0.3, 0.4) is 0 Å². The summed E-state index contributed by atoms with van der Waals surface area (Å²) in [5, 5.41) is 11.9. The van der Waals surface area contributed by atoms with Crippen molar-refractivity contribution in [1.82, 2.24) is 5.32 Å². The molecule has 66 valence electrons. The number of aliphatic hydroxyl groups is 1. The molecule has 4 nitrogen and oxygen atoms in total. The zero-order chi connectivity index (χ0) is 8.69. The Hall–Kier alpha value is -0.610. The van der Waals surface area contributed by atoms with E-state index in [0.29, 0.717) is 13.0 Å². The van der Waals surface area contributed by atoms with Gasteiger partial charge in [-0.3, -0.25) is 4.79 Å². The summed E-state index contributed by atoms with van der Waals surface area (Å²) in [5.74, 6) is -0.365. The summed E-state index contributed by atoms with van der Waals surface area (Å²) in [4.78, 5) is 10.2. The predicted octanol–water partition coefficient (Wildman–Crippen LogP) is -0.778. The Balaban J connectivity index is 3.08. The molecular formula is C7H16N2O2. The lowest BCUT2D eigenvalue weighted by Gasteiger charge is -2.06. The first-order valence-corrected chi connectivity index (χ1v) is 3.84. The lowest BCUT2D eigenvalue weighted by molar-refractivity contribution is -0.117. The number of carbonyl (C=O) groups excluding carboxylic acids is 1. The van der Waals surface area contributed by atoms with E-state index in [9.17, 15) is 4.79 Å². The maximum atomic E-state index is 10.2. The lowest BCUT2D eigenvalue weighted by atomic mass is 10.2. The summed E-state index contributed by atoms with van der Waals surface area (Å²) in [7, 11) is 0. The fourth-order valence-corrected chi connectivity index (χ4v) is 0.684. The number of rotatable bonds is 6. The fourth-order valence-electron chi connectivity index (χ4n) is 0.684. The van der Waals surface area contributed by atoms with Crippen LogP contribution in [-0.2, 0) is 4.79 Å². The van der Waals surface area contributed by atoms with Gasteiger partial charge in [0.05, 0.1) is 12.6 Å². The van der Waals surface area contributed by atoms with E-state index in [2.05, 4.69) is 5.32 Å². The third kappa shape index (κ3) is 7.29. The highest BCUT2D eigenvalue weighted by Crippen LogP contribution is 1.93. The van der Waals surface area contributed by atoms with E-state index < -0.39 is 0 Å². The second-order valence-corrected chi connectivity index (χ2v) is 2.49. The summed E-state index contributed by atoms with van der Waals surface area (Å²) in [6, 6.07) is 0. The van der Waals surface area contributed by atoms with Crippen LogP contribution < -0.4 is 11.1 Å². The lowest BCUT2D eigenvalue weighted by Crippen LogP contribution is -2.30. The van der Waals surface area contributed by atoms with Crippen LogP contribution >= 0.6 is 0 Å². The highest BCUT2D eigenvalue weighted by atomic mass is 16.3. The van der Waals surface area contributed by atoms with Crippen LogP contribution in [0.2, 0.25) is 0 Å². The van der Waals surface area contributed by atoms with Gasteiger partial charge in [0.2, 0.25) is 5.91 Å². The number of amides is 1. The SMILES string of the molecule is CCC(O)CCNCC(N)=O.